The van der Waals surface area contributed by atoms with Gasteiger partial charge in [-0.2, -0.15) is 0 Å². The number of hydrogen-bond donors (Lipinski definition) is 2. The summed E-state index contributed by atoms with van der Waals surface area (Å²) >= 11 is 0. The van der Waals surface area contributed by atoms with Crippen LogP contribution < -0.4 is 0 Å². The molecular formula is C13H16O4. The van der Waals surface area contributed by atoms with E-state index in [1.807, 2.05) is 13.0 Å². The van der Waals surface area contributed by atoms with E-state index >= 15 is 0 Å². The molecule has 0 spiro atoms. The third-order valence-electron chi connectivity index (χ3n) is 2.78. The first-order valence-electron chi connectivity index (χ1n) is 5.54. The highest BCUT2D eigenvalue weighted by molar-refractivity contribution is 5.94. The molecule has 0 aromatic carbocycles. The molecule has 17 heavy (non-hydrogen) atoms. The predicted molar refractivity (Wildman–Crippen MR) is 63.6 cm³/mol. The van der Waals surface area contributed by atoms with Crippen molar-refractivity contribution in [2.24, 2.45) is 5.92 Å². The summed E-state index contributed by atoms with van der Waals surface area (Å²) in [5, 5.41) is 18.1. The van der Waals surface area contributed by atoms with Crippen molar-refractivity contribution < 1.29 is 19.8 Å². The summed E-state index contributed by atoms with van der Waals surface area (Å²) in [5.41, 5.74) is 1.13. The number of rotatable bonds is 4. The average molecular weight is 236 g/mol. The monoisotopic (exact) mass is 236 g/mol. The lowest BCUT2D eigenvalue weighted by molar-refractivity contribution is -0.139. The van der Waals surface area contributed by atoms with E-state index in [-0.39, 0.29) is 5.57 Å². The van der Waals surface area contributed by atoms with E-state index in [0.717, 1.165) is 12.8 Å². The van der Waals surface area contributed by atoms with Gasteiger partial charge in [0.2, 0.25) is 0 Å². The van der Waals surface area contributed by atoms with Crippen molar-refractivity contribution in [3.63, 3.8) is 0 Å². The van der Waals surface area contributed by atoms with Crippen LogP contribution in [-0.2, 0) is 9.59 Å². The summed E-state index contributed by atoms with van der Waals surface area (Å²) in [4.78, 5) is 22.1. The van der Waals surface area contributed by atoms with Crippen molar-refractivity contribution >= 4 is 11.9 Å². The molecule has 1 atom stereocenters. The zero-order valence-electron chi connectivity index (χ0n) is 9.93. The molecule has 0 fully saturated rings. The highest BCUT2D eigenvalue weighted by Gasteiger charge is 2.29. The first kappa shape index (κ1) is 13.2. The molecule has 4 nitrogen and oxygen atoms in total. The molecule has 1 aliphatic rings. The summed E-state index contributed by atoms with van der Waals surface area (Å²) in [7, 11) is 0. The molecule has 4 heteroatoms. The lowest BCUT2D eigenvalue weighted by atomic mass is 9.83. The second kappa shape index (κ2) is 5.48. The van der Waals surface area contributed by atoms with Gasteiger partial charge in [-0.25, -0.2) is 4.79 Å². The number of allylic oxidation sites excluding steroid dienone is 2. The van der Waals surface area contributed by atoms with Crippen LogP contribution >= 0.6 is 0 Å². The molecule has 0 amide bonds. The van der Waals surface area contributed by atoms with Gasteiger partial charge in [-0.05, 0) is 30.6 Å². The van der Waals surface area contributed by atoms with E-state index in [0.29, 0.717) is 11.1 Å². The van der Waals surface area contributed by atoms with E-state index in [1.54, 1.807) is 13.0 Å². The van der Waals surface area contributed by atoms with E-state index in [4.69, 9.17) is 5.11 Å². The van der Waals surface area contributed by atoms with Crippen LogP contribution in [0.15, 0.2) is 34.9 Å². The lowest BCUT2D eigenvalue weighted by Gasteiger charge is -2.20. The first-order valence-corrected chi connectivity index (χ1v) is 5.54. The fraction of sp³-hybridized carbons (Fsp3) is 0.385. The molecule has 1 rings (SSSR count). The predicted octanol–water partition coefficient (Wildman–Crippen LogP) is 2.38. The molecular weight excluding hydrogens is 220 g/mol. The van der Waals surface area contributed by atoms with Crippen molar-refractivity contribution in [2.45, 2.75) is 26.7 Å². The molecule has 0 saturated heterocycles. The molecule has 0 aliphatic heterocycles. The second-order valence-electron chi connectivity index (χ2n) is 4.00. The Morgan fingerprint density at radius 2 is 2.00 bits per heavy atom. The SMILES string of the molecule is CCCC=C1C=CC(C(=O)O)=C(C)C1C(=O)O. The van der Waals surface area contributed by atoms with Crippen molar-refractivity contribution in [1.29, 1.82) is 0 Å². The third kappa shape index (κ3) is 2.84. The number of carbonyl (C=O) groups is 2. The summed E-state index contributed by atoms with van der Waals surface area (Å²) in [6, 6.07) is 0. The average Bonchev–Trinajstić information content (AvgIpc) is 2.25. The van der Waals surface area contributed by atoms with Crippen molar-refractivity contribution in [1.82, 2.24) is 0 Å². The van der Waals surface area contributed by atoms with Gasteiger partial charge in [-0.3, -0.25) is 4.79 Å². The van der Waals surface area contributed by atoms with Crippen LogP contribution in [0.2, 0.25) is 0 Å². The Morgan fingerprint density at radius 1 is 1.35 bits per heavy atom. The van der Waals surface area contributed by atoms with Crippen LogP contribution in [-0.4, -0.2) is 22.2 Å². The van der Waals surface area contributed by atoms with Gasteiger partial charge in [-0.15, -0.1) is 0 Å². The lowest BCUT2D eigenvalue weighted by Crippen LogP contribution is -2.22. The largest absolute Gasteiger partial charge is 0.481 e. The Kier molecular flexibility index (Phi) is 4.26. The molecule has 1 aliphatic carbocycles. The fourth-order valence-electron chi connectivity index (χ4n) is 1.88. The van der Waals surface area contributed by atoms with Crippen LogP contribution in [0.5, 0.6) is 0 Å². The third-order valence-corrected chi connectivity index (χ3v) is 2.78. The Balaban J connectivity index is 3.16. The highest BCUT2D eigenvalue weighted by atomic mass is 16.4. The van der Waals surface area contributed by atoms with Gasteiger partial charge in [0, 0.05) is 0 Å². The quantitative estimate of drug-likeness (QED) is 0.785. The van der Waals surface area contributed by atoms with Crippen molar-refractivity contribution in [2.75, 3.05) is 0 Å². The van der Waals surface area contributed by atoms with Crippen molar-refractivity contribution in [3.05, 3.63) is 34.9 Å². The van der Waals surface area contributed by atoms with Crippen molar-refractivity contribution in [3.8, 4) is 0 Å². The summed E-state index contributed by atoms with van der Waals surface area (Å²) < 4.78 is 0. The molecule has 0 radical (unpaired) electrons. The summed E-state index contributed by atoms with van der Waals surface area (Å²) in [6.07, 6.45) is 6.64. The Hall–Kier alpha value is -1.84. The number of aliphatic carboxylic acids is 2. The first-order chi connectivity index (χ1) is 7.99. The standard InChI is InChI=1S/C13H16O4/c1-3-4-5-9-6-7-10(12(14)15)8(2)11(9)13(16)17/h5-7,11H,3-4H2,1-2H3,(H,14,15)(H,16,17). The second-order valence-corrected chi connectivity index (χ2v) is 4.00. The molecule has 0 aromatic heterocycles. The molecule has 2 N–H and O–H groups in total. The number of carboxylic acid groups (broad SMARTS) is 2. The van der Waals surface area contributed by atoms with Gasteiger partial charge in [0.25, 0.3) is 0 Å². The van der Waals surface area contributed by atoms with Crippen LogP contribution in [0.1, 0.15) is 26.7 Å². The van der Waals surface area contributed by atoms with Crippen LogP contribution in [0.4, 0.5) is 0 Å². The minimum absolute atomic E-state index is 0.0750. The fourth-order valence-corrected chi connectivity index (χ4v) is 1.88. The molecule has 0 heterocycles. The Bertz CT molecular complexity index is 427. The Labute approximate surface area is 100.0 Å². The number of hydrogen-bond acceptors (Lipinski definition) is 2. The maximum Gasteiger partial charge on any atom is 0.335 e. The van der Waals surface area contributed by atoms with Crippen LogP contribution in [0.25, 0.3) is 0 Å². The van der Waals surface area contributed by atoms with Gasteiger partial charge >= 0.3 is 11.9 Å². The van der Waals surface area contributed by atoms with E-state index < -0.39 is 17.9 Å². The zero-order valence-corrected chi connectivity index (χ0v) is 9.93. The highest BCUT2D eigenvalue weighted by Crippen LogP contribution is 2.30. The van der Waals surface area contributed by atoms with E-state index in [1.165, 1.54) is 6.08 Å². The zero-order chi connectivity index (χ0) is 13.0. The smallest absolute Gasteiger partial charge is 0.335 e. The molecule has 1 unspecified atom stereocenters. The molecule has 0 aromatic rings. The van der Waals surface area contributed by atoms with Gasteiger partial charge in [0.1, 0.15) is 5.92 Å². The molecule has 0 bridgehead atoms. The minimum atomic E-state index is -1.08. The van der Waals surface area contributed by atoms with Gasteiger partial charge in [0.05, 0.1) is 5.57 Å². The summed E-state index contributed by atoms with van der Waals surface area (Å²) in [6.45, 7) is 3.57. The number of unbranched alkanes of at least 4 members (excludes halogenated alkanes) is 1. The molecule has 0 saturated carbocycles. The van der Waals surface area contributed by atoms with E-state index in [9.17, 15) is 14.7 Å². The molecule has 92 valence electrons. The van der Waals surface area contributed by atoms with Gasteiger partial charge < -0.3 is 10.2 Å². The number of carboxylic acids is 2. The van der Waals surface area contributed by atoms with Crippen LogP contribution in [0, 0.1) is 5.92 Å². The maximum atomic E-state index is 11.2. The van der Waals surface area contributed by atoms with Crippen LogP contribution in [0.3, 0.4) is 0 Å². The minimum Gasteiger partial charge on any atom is -0.481 e. The van der Waals surface area contributed by atoms with Gasteiger partial charge in [-0.1, -0.05) is 25.5 Å². The topological polar surface area (TPSA) is 74.6 Å². The Morgan fingerprint density at radius 3 is 2.47 bits per heavy atom. The summed E-state index contributed by atoms with van der Waals surface area (Å²) in [5.74, 6) is -2.93. The normalized spacial score (nSPS) is 22.0. The maximum absolute atomic E-state index is 11.2. The van der Waals surface area contributed by atoms with Gasteiger partial charge in [0.15, 0.2) is 0 Å². The van der Waals surface area contributed by atoms with E-state index in [2.05, 4.69) is 0 Å².